The minimum atomic E-state index is -0.852. The molecule has 0 amide bonds. The quantitative estimate of drug-likeness (QED) is 0.211. The molecule has 1 aromatic heterocycles. The van der Waals surface area contributed by atoms with Gasteiger partial charge >= 0.3 is 5.97 Å². The molecule has 1 aliphatic heterocycles. The predicted molar refractivity (Wildman–Crippen MR) is 154 cm³/mol. The number of fused-ring (bicyclic) bond motifs is 3. The van der Waals surface area contributed by atoms with Gasteiger partial charge in [-0.25, -0.2) is 9.37 Å². The molecule has 4 aromatic rings. The fourth-order valence-electron chi connectivity index (χ4n) is 4.64. The maximum atomic E-state index is 14.5. The maximum absolute atomic E-state index is 14.5. The summed E-state index contributed by atoms with van der Waals surface area (Å²) in [7, 11) is 0. The fraction of sp³-hybridized carbons (Fsp3) is 0.258. The fourth-order valence-corrected chi connectivity index (χ4v) is 6.10. The number of carbonyl (C=O) groups is 2. The zero-order chi connectivity index (χ0) is 28.2. The molecule has 40 heavy (non-hydrogen) atoms. The Morgan fingerprint density at radius 1 is 1.10 bits per heavy atom. The van der Waals surface area contributed by atoms with Gasteiger partial charge in [0.25, 0.3) is 0 Å². The molecule has 0 saturated carbocycles. The summed E-state index contributed by atoms with van der Waals surface area (Å²) in [6.45, 7) is 2.07. The van der Waals surface area contributed by atoms with Gasteiger partial charge < -0.3 is 19.4 Å². The van der Waals surface area contributed by atoms with Crippen molar-refractivity contribution in [2.45, 2.75) is 44.6 Å². The van der Waals surface area contributed by atoms with E-state index in [0.29, 0.717) is 47.8 Å². The van der Waals surface area contributed by atoms with Crippen molar-refractivity contribution >= 4 is 46.0 Å². The van der Waals surface area contributed by atoms with E-state index in [9.17, 15) is 19.1 Å². The third-order valence-corrected chi connectivity index (χ3v) is 8.27. The highest BCUT2D eigenvalue weighted by molar-refractivity contribution is 7.99. The summed E-state index contributed by atoms with van der Waals surface area (Å²) in [5, 5.41) is 9.72. The number of benzene rings is 3. The van der Waals surface area contributed by atoms with Crippen LogP contribution >= 0.6 is 23.4 Å². The lowest BCUT2D eigenvalue weighted by molar-refractivity contribution is -0.136. The van der Waals surface area contributed by atoms with E-state index in [1.165, 1.54) is 17.8 Å². The van der Waals surface area contributed by atoms with Gasteiger partial charge in [-0.3, -0.25) is 4.79 Å². The Labute approximate surface area is 240 Å². The molecular formula is C31H27ClFNO5S. The number of carbonyl (C=O) groups excluding carboxylic acids is 1. The Morgan fingerprint density at radius 3 is 2.73 bits per heavy atom. The first-order valence-electron chi connectivity index (χ1n) is 12.9. The summed E-state index contributed by atoms with van der Waals surface area (Å²) in [6.07, 6.45) is 1.17. The Morgan fingerprint density at radius 2 is 1.93 bits per heavy atom. The Bertz CT molecular complexity index is 1590. The highest BCUT2D eigenvalue weighted by Gasteiger charge is 2.26. The first kappa shape index (κ1) is 27.9. The molecule has 0 fully saturated rings. The lowest BCUT2D eigenvalue weighted by Gasteiger charge is -2.20. The van der Waals surface area contributed by atoms with Gasteiger partial charge in [0.05, 0.1) is 22.4 Å². The van der Waals surface area contributed by atoms with Crippen LogP contribution in [0.15, 0.2) is 60.7 Å². The van der Waals surface area contributed by atoms with E-state index < -0.39 is 11.8 Å². The van der Waals surface area contributed by atoms with E-state index in [4.69, 9.17) is 21.1 Å². The number of halogens is 2. The van der Waals surface area contributed by atoms with E-state index in [-0.39, 0.29) is 34.6 Å². The van der Waals surface area contributed by atoms with Crippen LogP contribution in [-0.2, 0) is 29.2 Å². The minimum absolute atomic E-state index is 0.0153. The first-order valence-corrected chi connectivity index (χ1v) is 14.3. The Kier molecular flexibility index (Phi) is 8.57. The average molecular weight is 580 g/mol. The molecule has 3 aromatic carbocycles. The smallest absolute Gasteiger partial charge is 0.304 e. The van der Waals surface area contributed by atoms with E-state index in [1.54, 1.807) is 25.1 Å². The number of nitrogens with zero attached hydrogens (tertiary/aromatic N) is 1. The SMILES string of the molecule is CC(=O)CCc1ccc2c(c1)COc1ccc(OCc3ccc4ccc(Cl)c(F)c4n3)cc1C2SCCC(=O)O. The van der Waals surface area contributed by atoms with Gasteiger partial charge in [0.2, 0.25) is 0 Å². The largest absolute Gasteiger partial charge is 0.489 e. The van der Waals surface area contributed by atoms with E-state index in [0.717, 1.165) is 22.3 Å². The third-order valence-electron chi connectivity index (χ3n) is 6.70. The molecule has 1 aliphatic rings. The molecular weight excluding hydrogens is 553 g/mol. The van der Waals surface area contributed by atoms with Crippen LogP contribution in [0.2, 0.25) is 5.02 Å². The Hall–Kier alpha value is -3.62. The topological polar surface area (TPSA) is 85.7 Å². The van der Waals surface area contributed by atoms with Crippen molar-refractivity contribution in [3.05, 3.63) is 99.5 Å². The molecule has 0 bridgehead atoms. The number of carboxylic acids is 1. The summed E-state index contributed by atoms with van der Waals surface area (Å²) in [5.41, 5.74) is 4.73. The van der Waals surface area contributed by atoms with Gasteiger partial charge in [-0.2, -0.15) is 0 Å². The molecule has 2 heterocycles. The summed E-state index contributed by atoms with van der Waals surface area (Å²) in [6, 6.07) is 18.5. The van der Waals surface area contributed by atoms with Crippen LogP contribution < -0.4 is 9.47 Å². The second-order valence-electron chi connectivity index (χ2n) is 9.64. The van der Waals surface area contributed by atoms with Gasteiger partial charge in [-0.1, -0.05) is 41.9 Å². The van der Waals surface area contributed by atoms with Crippen LogP contribution in [0.5, 0.6) is 11.5 Å². The number of pyridine rings is 1. The monoisotopic (exact) mass is 579 g/mol. The third kappa shape index (κ3) is 6.40. The maximum Gasteiger partial charge on any atom is 0.304 e. The van der Waals surface area contributed by atoms with Gasteiger partial charge in [0, 0.05) is 23.1 Å². The molecule has 0 radical (unpaired) electrons. The molecule has 1 atom stereocenters. The molecule has 5 rings (SSSR count). The number of carboxylic acid groups (broad SMARTS) is 1. The van der Waals surface area contributed by atoms with Crippen LogP contribution in [0.4, 0.5) is 4.39 Å². The van der Waals surface area contributed by atoms with Crippen LogP contribution in [-0.4, -0.2) is 27.6 Å². The summed E-state index contributed by atoms with van der Waals surface area (Å²) in [4.78, 5) is 27.1. The number of hydrogen-bond acceptors (Lipinski definition) is 6. The van der Waals surface area contributed by atoms with Gasteiger partial charge in [0.15, 0.2) is 5.82 Å². The van der Waals surface area contributed by atoms with Crippen molar-refractivity contribution < 1.29 is 28.6 Å². The van der Waals surface area contributed by atoms with Gasteiger partial charge in [-0.05, 0) is 60.4 Å². The van der Waals surface area contributed by atoms with Crippen molar-refractivity contribution in [1.82, 2.24) is 4.98 Å². The number of aliphatic carboxylic acids is 1. The Balaban J connectivity index is 1.42. The average Bonchev–Trinajstić information content (AvgIpc) is 3.09. The molecule has 6 nitrogen and oxygen atoms in total. The summed E-state index contributed by atoms with van der Waals surface area (Å²) >= 11 is 7.47. The number of ketones is 1. The number of aromatic nitrogens is 1. The van der Waals surface area contributed by atoms with Crippen molar-refractivity contribution in [2.24, 2.45) is 0 Å². The number of thioether (sulfide) groups is 1. The molecule has 1 unspecified atom stereocenters. The van der Waals surface area contributed by atoms with Crippen LogP contribution in [0.1, 0.15) is 53.0 Å². The van der Waals surface area contributed by atoms with E-state index >= 15 is 0 Å². The zero-order valence-corrected chi connectivity index (χ0v) is 23.4. The normalized spacial score (nSPS) is 14.1. The number of Topliss-reactive ketones (excluding diaryl/α,β-unsaturated/α-hetero) is 1. The molecule has 206 valence electrons. The van der Waals surface area contributed by atoms with E-state index in [1.807, 2.05) is 30.3 Å². The number of rotatable bonds is 10. The number of hydrogen-bond donors (Lipinski definition) is 1. The lowest BCUT2D eigenvalue weighted by atomic mass is 9.96. The molecule has 1 N–H and O–H groups in total. The zero-order valence-electron chi connectivity index (χ0n) is 21.8. The molecule has 0 saturated heterocycles. The second kappa shape index (κ2) is 12.3. The van der Waals surface area contributed by atoms with Crippen molar-refractivity contribution in [1.29, 1.82) is 0 Å². The van der Waals surface area contributed by atoms with Crippen LogP contribution in [0, 0.1) is 5.82 Å². The van der Waals surface area contributed by atoms with Gasteiger partial charge in [0.1, 0.15) is 36.0 Å². The van der Waals surface area contributed by atoms with Crippen LogP contribution in [0.3, 0.4) is 0 Å². The highest BCUT2D eigenvalue weighted by Crippen LogP contribution is 2.46. The van der Waals surface area contributed by atoms with Crippen molar-refractivity contribution in [3.8, 4) is 11.5 Å². The molecule has 0 aliphatic carbocycles. The summed E-state index contributed by atoms with van der Waals surface area (Å²) < 4.78 is 26.7. The van der Waals surface area contributed by atoms with Crippen molar-refractivity contribution in [2.75, 3.05) is 5.75 Å². The van der Waals surface area contributed by atoms with Crippen LogP contribution in [0.25, 0.3) is 10.9 Å². The minimum Gasteiger partial charge on any atom is -0.489 e. The standard InChI is InChI=1S/C31H27ClFNO5S/c1-18(35)2-3-19-4-9-24-21(14-19)16-39-27-11-8-23(15-25(27)31(24)40-13-12-28(36)37)38-17-22-7-5-20-6-10-26(32)29(33)30(20)34-22/h4-11,14-15,31H,2-3,12-13,16-17H2,1H3,(H,36,37). The number of aryl methyl sites for hydroxylation is 1. The van der Waals surface area contributed by atoms with Crippen molar-refractivity contribution in [3.63, 3.8) is 0 Å². The lowest BCUT2D eigenvalue weighted by Crippen LogP contribution is -2.05. The summed E-state index contributed by atoms with van der Waals surface area (Å²) in [5.74, 6) is 0.428. The number of ether oxygens (including phenoxy) is 2. The molecule has 9 heteroatoms. The first-order chi connectivity index (χ1) is 19.3. The van der Waals surface area contributed by atoms with E-state index in [2.05, 4.69) is 11.1 Å². The highest BCUT2D eigenvalue weighted by atomic mass is 35.5. The molecule has 0 spiro atoms. The van der Waals surface area contributed by atoms with Gasteiger partial charge in [-0.15, -0.1) is 11.8 Å². The predicted octanol–water partition coefficient (Wildman–Crippen LogP) is 7.32. The second-order valence-corrected chi connectivity index (χ2v) is 11.3.